The van der Waals surface area contributed by atoms with E-state index in [1.807, 2.05) is 6.08 Å². The molecule has 1 atom stereocenters. The van der Waals surface area contributed by atoms with Gasteiger partial charge in [-0.25, -0.2) is 4.99 Å². The molecule has 0 N–H and O–H groups in total. The molecule has 0 aromatic rings. The molecule has 1 aliphatic carbocycles. The maximum atomic E-state index is 5.22. The summed E-state index contributed by atoms with van der Waals surface area (Å²) in [5.41, 5.74) is 2.21. The number of nitrogens with zero attached hydrogens (tertiary/aromatic N) is 1. The number of allylic oxidation sites excluding steroid dienone is 3. The van der Waals surface area contributed by atoms with Crippen LogP contribution in [0.1, 0.15) is 6.42 Å². The number of methoxy groups -OCH3 is 2. The van der Waals surface area contributed by atoms with Crippen molar-refractivity contribution in [3.63, 3.8) is 0 Å². The second-order valence-electron chi connectivity index (χ2n) is 3.14. The van der Waals surface area contributed by atoms with Gasteiger partial charge in [0.15, 0.2) is 6.23 Å². The third-order valence-corrected chi connectivity index (χ3v) is 2.30. The van der Waals surface area contributed by atoms with E-state index < -0.39 is 0 Å². The van der Waals surface area contributed by atoms with Crippen LogP contribution in [0.4, 0.5) is 0 Å². The minimum absolute atomic E-state index is 0. The molecule has 0 bridgehead atoms. The lowest BCUT2D eigenvalue weighted by molar-refractivity contribution is 0.144. The highest BCUT2D eigenvalue weighted by Gasteiger charge is 2.20. The number of dihydropyridines is 1. The van der Waals surface area contributed by atoms with Gasteiger partial charge in [-0.1, -0.05) is 18.2 Å². The summed E-state index contributed by atoms with van der Waals surface area (Å²) in [6.07, 6.45) is 9.01. The molecule has 15 heavy (non-hydrogen) atoms. The second-order valence-corrected chi connectivity index (χ2v) is 3.14. The van der Waals surface area contributed by atoms with Gasteiger partial charge >= 0.3 is 0 Å². The van der Waals surface area contributed by atoms with Crippen molar-refractivity contribution < 1.29 is 9.47 Å². The zero-order valence-corrected chi connectivity index (χ0v) is 9.58. The van der Waals surface area contributed by atoms with Gasteiger partial charge in [-0.3, -0.25) is 0 Å². The molecular formula is C11H14ClNO2. The summed E-state index contributed by atoms with van der Waals surface area (Å²) in [6.45, 7) is 0. The number of hydrogen-bond acceptors (Lipinski definition) is 3. The number of rotatable bonds is 1. The van der Waals surface area contributed by atoms with E-state index in [0.717, 1.165) is 17.6 Å². The van der Waals surface area contributed by atoms with Crippen molar-refractivity contribution in [2.24, 2.45) is 4.99 Å². The summed E-state index contributed by atoms with van der Waals surface area (Å²) >= 11 is 0. The molecule has 1 heterocycles. The van der Waals surface area contributed by atoms with E-state index in [1.54, 1.807) is 14.2 Å². The Bertz CT molecular complexity index is 356. The van der Waals surface area contributed by atoms with Crippen molar-refractivity contribution in [3.8, 4) is 0 Å². The predicted octanol–water partition coefficient (Wildman–Crippen LogP) is 2.25. The first-order chi connectivity index (χ1) is 6.85. The minimum Gasteiger partial charge on any atom is -0.481 e. The number of halogens is 1. The molecule has 0 radical (unpaired) electrons. The first-order valence-corrected chi connectivity index (χ1v) is 4.59. The largest absolute Gasteiger partial charge is 0.481 e. The van der Waals surface area contributed by atoms with Gasteiger partial charge in [0.2, 0.25) is 5.90 Å². The van der Waals surface area contributed by atoms with E-state index in [0.29, 0.717) is 5.90 Å². The van der Waals surface area contributed by atoms with E-state index in [2.05, 4.69) is 23.2 Å². The zero-order valence-electron chi connectivity index (χ0n) is 8.77. The van der Waals surface area contributed by atoms with Crippen LogP contribution in [-0.2, 0) is 9.47 Å². The van der Waals surface area contributed by atoms with E-state index in [-0.39, 0.29) is 18.6 Å². The Morgan fingerprint density at radius 2 is 2.20 bits per heavy atom. The van der Waals surface area contributed by atoms with Crippen molar-refractivity contribution in [2.75, 3.05) is 14.2 Å². The van der Waals surface area contributed by atoms with Crippen LogP contribution >= 0.6 is 12.4 Å². The summed E-state index contributed by atoms with van der Waals surface area (Å²) in [7, 11) is 3.27. The summed E-state index contributed by atoms with van der Waals surface area (Å²) < 4.78 is 10.4. The van der Waals surface area contributed by atoms with Crippen LogP contribution in [-0.4, -0.2) is 26.3 Å². The average molecular weight is 228 g/mol. The molecule has 0 aromatic heterocycles. The van der Waals surface area contributed by atoms with Crippen molar-refractivity contribution in [1.82, 2.24) is 0 Å². The van der Waals surface area contributed by atoms with Gasteiger partial charge in [-0.05, 0) is 18.1 Å². The van der Waals surface area contributed by atoms with Crippen LogP contribution in [0.25, 0.3) is 0 Å². The van der Waals surface area contributed by atoms with Crippen LogP contribution in [0.15, 0.2) is 40.4 Å². The summed E-state index contributed by atoms with van der Waals surface area (Å²) in [5, 5.41) is 0. The SMILES string of the molecule is COC1=NC(OC)C=C2C=CCC=C21.Cl. The fraction of sp³-hybridized carbons (Fsp3) is 0.364. The highest BCUT2D eigenvalue weighted by molar-refractivity contribution is 6.00. The predicted molar refractivity (Wildman–Crippen MR) is 62.4 cm³/mol. The van der Waals surface area contributed by atoms with Gasteiger partial charge in [-0.2, -0.15) is 0 Å². The van der Waals surface area contributed by atoms with E-state index in [1.165, 1.54) is 0 Å². The third kappa shape index (κ3) is 2.30. The maximum absolute atomic E-state index is 5.22. The third-order valence-electron chi connectivity index (χ3n) is 2.30. The molecule has 1 aliphatic heterocycles. The van der Waals surface area contributed by atoms with Crippen LogP contribution in [0.3, 0.4) is 0 Å². The van der Waals surface area contributed by atoms with Gasteiger partial charge in [0.1, 0.15) is 0 Å². The first-order valence-electron chi connectivity index (χ1n) is 4.59. The minimum atomic E-state index is -0.222. The van der Waals surface area contributed by atoms with Crippen molar-refractivity contribution in [2.45, 2.75) is 12.6 Å². The van der Waals surface area contributed by atoms with Crippen LogP contribution in [0.2, 0.25) is 0 Å². The second kappa shape index (κ2) is 5.14. The lowest BCUT2D eigenvalue weighted by atomic mass is 9.97. The van der Waals surface area contributed by atoms with Crippen LogP contribution in [0.5, 0.6) is 0 Å². The molecule has 0 fully saturated rings. The number of aliphatic imine (C=N–C) groups is 1. The number of hydrogen-bond donors (Lipinski definition) is 0. The van der Waals surface area contributed by atoms with Crippen molar-refractivity contribution >= 4 is 18.3 Å². The Hall–Kier alpha value is -1.06. The topological polar surface area (TPSA) is 30.8 Å². The zero-order chi connectivity index (χ0) is 9.97. The molecule has 1 unspecified atom stereocenters. The molecule has 82 valence electrons. The summed E-state index contributed by atoms with van der Waals surface area (Å²) in [5.74, 6) is 0.665. The van der Waals surface area contributed by atoms with Gasteiger partial charge in [0, 0.05) is 12.7 Å². The molecule has 0 saturated carbocycles. The van der Waals surface area contributed by atoms with Gasteiger partial charge in [-0.15, -0.1) is 12.4 Å². The lowest BCUT2D eigenvalue weighted by Gasteiger charge is -2.21. The number of fused-ring (bicyclic) bond motifs is 1. The van der Waals surface area contributed by atoms with E-state index in [4.69, 9.17) is 9.47 Å². The normalized spacial score (nSPS) is 23.1. The fourth-order valence-electron chi connectivity index (χ4n) is 1.60. The van der Waals surface area contributed by atoms with E-state index in [9.17, 15) is 0 Å². The van der Waals surface area contributed by atoms with Gasteiger partial charge in [0.05, 0.1) is 7.11 Å². The van der Waals surface area contributed by atoms with Gasteiger partial charge in [0.25, 0.3) is 0 Å². The molecule has 0 amide bonds. The molecule has 0 saturated heterocycles. The molecule has 0 aromatic carbocycles. The quantitative estimate of drug-likeness (QED) is 0.688. The Balaban J connectivity index is 0.00000112. The number of ether oxygens (including phenoxy) is 2. The Morgan fingerprint density at radius 3 is 2.87 bits per heavy atom. The van der Waals surface area contributed by atoms with Crippen molar-refractivity contribution in [3.05, 3.63) is 35.5 Å². The molecule has 0 spiro atoms. The highest BCUT2D eigenvalue weighted by atomic mass is 35.5. The van der Waals surface area contributed by atoms with E-state index >= 15 is 0 Å². The fourth-order valence-corrected chi connectivity index (χ4v) is 1.60. The Morgan fingerprint density at radius 1 is 1.40 bits per heavy atom. The highest BCUT2D eigenvalue weighted by Crippen LogP contribution is 2.25. The van der Waals surface area contributed by atoms with Crippen molar-refractivity contribution in [1.29, 1.82) is 0 Å². The molecule has 2 aliphatic rings. The van der Waals surface area contributed by atoms with Gasteiger partial charge < -0.3 is 9.47 Å². The Kier molecular flexibility index (Phi) is 4.12. The average Bonchev–Trinajstić information content (AvgIpc) is 2.27. The molecule has 2 rings (SSSR count). The Labute approximate surface area is 95.6 Å². The summed E-state index contributed by atoms with van der Waals surface area (Å²) in [4.78, 5) is 4.30. The lowest BCUT2D eigenvalue weighted by Crippen LogP contribution is -2.20. The maximum Gasteiger partial charge on any atom is 0.218 e. The first kappa shape index (κ1) is 12.0. The molecular weight excluding hydrogens is 214 g/mol. The standard InChI is InChI=1S/C11H13NO2.ClH/c1-13-10-7-8-5-3-4-6-9(8)11(12-10)14-2;/h3,5-7,10H,4H2,1-2H3;1H. The van der Waals surface area contributed by atoms with Crippen LogP contribution < -0.4 is 0 Å². The molecule has 3 nitrogen and oxygen atoms in total. The summed E-state index contributed by atoms with van der Waals surface area (Å²) in [6, 6.07) is 0. The monoisotopic (exact) mass is 227 g/mol. The smallest absolute Gasteiger partial charge is 0.218 e. The van der Waals surface area contributed by atoms with Crippen LogP contribution in [0, 0.1) is 0 Å². The molecule has 4 heteroatoms.